The van der Waals surface area contributed by atoms with Gasteiger partial charge in [0.2, 0.25) is 0 Å². The van der Waals surface area contributed by atoms with E-state index in [-0.39, 0.29) is 0 Å². The molecule has 0 saturated carbocycles. The predicted octanol–water partition coefficient (Wildman–Crippen LogP) is 3.78. The van der Waals surface area contributed by atoms with Gasteiger partial charge >= 0.3 is 0 Å². The summed E-state index contributed by atoms with van der Waals surface area (Å²) < 4.78 is 0. The van der Waals surface area contributed by atoms with Crippen LogP contribution < -0.4 is 0 Å². The minimum absolute atomic E-state index is 0.847. The first kappa shape index (κ1) is 12.1. The minimum Gasteiger partial charge on any atom is -0.0752 e. The van der Waals surface area contributed by atoms with Crippen molar-refractivity contribution in [1.29, 1.82) is 0 Å². The normalized spacial score (nSPS) is 9.33. The van der Waals surface area contributed by atoms with Crippen molar-refractivity contribution in [3.8, 4) is 0 Å². The molecule has 0 nitrogen and oxygen atoms in total. The van der Waals surface area contributed by atoms with Gasteiger partial charge in [0.15, 0.2) is 0 Å². The summed E-state index contributed by atoms with van der Waals surface area (Å²) >= 11 is 0. The van der Waals surface area contributed by atoms with E-state index < -0.39 is 0 Å². The van der Waals surface area contributed by atoms with Crippen molar-refractivity contribution in [3.63, 3.8) is 0 Å². The largest absolute Gasteiger partial charge is 0.0752 e. The Morgan fingerprint density at radius 3 is 1.00 bits per heavy atom. The monoisotopic (exact) mass is 147 g/mol. The van der Waals surface area contributed by atoms with E-state index in [2.05, 4.69) is 27.7 Å². The lowest BCUT2D eigenvalue weighted by Gasteiger charge is -2.04. The van der Waals surface area contributed by atoms with Gasteiger partial charge in [0.1, 0.15) is 0 Å². The third-order valence-corrected chi connectivity index (χ3v) is 1.79. The first-order valence-electron chi connectivity index (χ1n) is 3.83. The zero-order valence-electron chi connectivity index (χ0n) is 7.60. The SMILES string of the molecule is CC.CC(C)[P]C(C)C. The molecule has 0 amide bonds. The van der Waals surface area contributed by atoms with Gasteiger partial charge in [0, 0.05) is 0 Å². The highest BCUT2D eigenvalue weighted by atomic mass is 31.1. The van der Waals surface area contributed by atoms with Crippen LogP contribution in [0.25, 0.3) is 0 Å². The fraction of sp³-hybridized carbons (Fsp3) is 1.00. The second kappa shape index (κ2) is 8.43. The van der Waals surface area contributed by atoms with Crippen LogP contribution >= 0.6 is 8.58 Å². The van der Waals surface area contributed by atoms with Gasteiger partial charge in [-0.05, 0) is 11.3 Å². The van der Waals surface area contributed by atoms with Crippen LogP contribution in [0.3, 0.4) is 0 Å². The van der Waals surface area contributed by atoms with Gasteiger partial charge < -0.3 is 0 Å². The van der Waals surface area contributed by atoms with E-state index >= 15 is 0 Å². The van der Waals surface area contributed by atoms with Crippen LogP contribution in [0.1, 0.15) is 41.5 Å². The van der Waals surface area contributed by atoms with Gasteiger partial charge in [-0.25, -0.2) is 0 Å². The van der Waals surface area contributed by atoms with E-state index in [0.717, 1.165) is 11.3 Å². The highest BCUT2D eigenvalue weighted by Gasteiger charge is 1.96. The van der Waals surface area contributed by atoms with E-state index in [4.69, 9.17) is 0 Å². The van der Waals surface area contributed by atoms with Crippen LogP contribution in [0.4, 0.5) is 0 Å². The first-order valence-corrected chi connectivity index (χ1v) is 4.86. The average molecular weight is 147 g/mol. The molecule has 0 rings (SSSR count). The zero-order valence-corrected chi connectivity index (χ0v) is 8.50. The lowest BCUT2D eigenvalue weighted by atomic mass is 10.5. The van der Waals surface area contributed by atoms with Crippen molar-refractivity contribution >= 4 is 8.58 Å². The Kier molecular flexibility index (Phi) is 11.4. The molecule has 0 unspecified atom stereocenters. The van der Waals surface area contributed by atoms with Gasteiger partial charge in [0.05, 0.1) is 0 Å². The van der Waals surface area contributed by atoms with Crippen molar-refractivity contribution in [2.24, 2.45) is 0 Å². The van der Waals surface area contributed by atoms with E-state index in [1.54, 1.807) is 8.58 Å². The smallest absolute Gasteiger partial charge is 0.0225 e. The predicted molar refractivity (Wildman–Crippen MR) is 48.5 cm³/mol. The van der Waals surface area contributed by atoms with E-state index in [0.29, 0.717) is 0 Å². The first-order chi connectivity index (χ1) is 4.13. The van der Waals surface area contributed by atoms with Crippen molar-refractivity contribution in [1.82, 2.24) is 0 Å². The molecular formula is C8H20P. The van der Waals surface area contributed by atoms with Gasteiger partial charge in [0.25, 0.3) is 0 Å². The minimum atomic E-state index is 0.847. The van der Waals surface area contributed by atoms with Crippen molar-refractivity contribution < 1.29 is 0 Å². The summed E-state index contributed by atoms with van der Waals surface area (Å²) in [7, 11) is 1.58. The maximum absolute atomic E-state index is 2.25. The third-order valence-electron chi connectivity index (χ3n) is 0.596. The quantitative estimate of drug-likeness (QED) is 0.521. The maximum atomic E-state index is 2.25. The van der Waals surface area contributed by atoms with Gasteiger partial charge in [-0.15, -0.1) is 0 Å². The Hall–Kier alpha value is 0.430. The fourth-order valence-electron chi connectivity index (χ4n) is 0.596. The highest BCUT2D eigenvalue weighted by Crippen LogP contribution is 2.23. The van der Waals surface area contributed by atoms with E-state index in [1.807, 2.05) is 13.8 Å². The van der Waals surface area contributed by atoms with Crippen molar-refractivity contribution in [2.75, 3.05) is 0 Å². The molecular weight excluding hydrogens is 127 g/mol. The molecule has 0 aliphatic carbocycles. The Labute approximate surface area is 62.2 Å². The van der Waals surface area contributed by atoms with Crippen LogP contribution in [-0.2, 0) is 0 Å². The molecule has 0 bridgehead atoms. The number of rotatable bonds is 2. The lowest BCUT2D eigenvalue weighted by Crippen LogP contribution is -1.90. The van der Waals surface area contributed by atoms with Gasteiger partial charge in [-0.3, -0.25) is 0 Å². The Morgan fingerprint density at radius 2 is 1.00 bits per heavy atom. The van der Waals surface area contributed by atoms with Crippen LogP contribution in [0.2, 0.25) is 0 Å². The molecule has 1 radical (unpaired) electrons. The molecule has 0 saturated heterocycles. The summed E-state index contributed by atoms with van der Waals surface area (Å²) in [5.41, 5.74) is 1.69. The summed E-state index contributed by atoms with van der Waals surface area (Å²) in [4.78, 5) is 0. The molecule has 57 valence electrons. The van der Waals surface area contributed by atoms with Gasteiger partial charge in [-0.2, -0.15) is 0 Å². The second-order valence-electron chi connectivity index (χ2n) is 2.34. The lowest BCUT2D eigenvalue weighted by molar-refractivity contribution is 1.03. The van der Waals surface area contributed by atoms with Crippen molar-refractivity contribution in [3.05, 3.63) is 0 Å². The summed E-state index contributed by atoms with van der Waals surface area (Å²) in [6, 6.07) is 0. The Balaban J connectivity index is 0. The van der Waals surface area contributed by atoms with Crippen LogP contribution in [0, 0.1) is 0 Å². The summed E-state index contributed by atoms with van der Waals surface area (Å²) in [6.07, 6.45) is 0. The van der Waals surface area contributed by atoms with Crippen LogP contribution in [0.15, 0.2) is 0 Å². The molecule has 0 aromatic heterocycles. The molecule has 0 aromatic carbocycles. The maximum Gasteiger partial charge on any atom is -0.0225 e. The molecule has 1 heteroatoms. The van der Waals surface area contributed by atoms with Crippen LogP contribution in [-0.4, -0.2) is 11.3 Å². The van der Waals surface area contributed by atoms with Gasteiger partial charge in [-0.1, -0.05) is 50.1 Å². The molecule has 0 N–H and O–H groups in total. The molecule has 9 heavy (non-hydrogen) atoms. The standard InChI is InChI=1S/C6H14P.C2H6/c1-5(2)7-6(3)4;1-2/h5-6H,1-4H3;1-2H3. The molecule has 0 aromatic rings. The zero-order chi connectivity index (χ0) is 7.86. The number of hydrogen-bond donors (Lipinski definition) is 0. The molecule has 0 spiro atoms. The summed E-state index contributed by atoms with van der Waals surface area (Å²) in [6.45, 7) is 13.0. The average Bonchev–Trinajstić information content (AvgIpc) is 1.68. The summed E-state index contributed by atoms with van der Waals surface area (Å²) in [5, 5.41) is 0. The molecule has 0 heterocycles. The third kappa shape index (κ3) is 17.8. The number of hydrogen-bond acceptors (Lipinski definition) is 0. The highest BCUT2D eigenvalue weighted by molar-refractivity contribution is 7.39. The fourth-order valence-corrected chi connectivity index (χ4v) is 1.79. The molecule has 0 aliphatic rings. The van der Waals surface area contributed by atoms with E-state index in [9.17, 15) is 0 Å². The molecule has 0 aliphatic heterocycles. The Bertz CT molecular complexity index is 33.8. The molecule has 0 atom stereocenters. The molecule has 0 fully saturated rings. The Morgan fingerprint density at radius 1 is 0.778 bits per heavy atom. The second-order valence-corrected chi connectivity index (χ2v) is 4.70. The van der Waals surface area contributed by atoms with E-state index in [1.165, 1.54) is 0 Å². The summed E-state index contributed by atoms with van der Waals surface area (Å²) in [5.74, 6) is 0. The van der Waals surface area contributed by atoms with Crippen LogP contribution in [0.5, 0.6) is 0 Å². The van der Waals surface area contributed by atoms with Crippen molar-refractivity contribution in [2.45, 2.75) is 52.9 Å². The topological polar surface area (TPSA) is 0 Å².